The highest BCUT2D eigenvalue weighted by Crippen LogP contribution is 2.25. The van der Waals surface area contributed by atoms with Crippen molar-refractivity contribution in [2.24, 2.45) is 7.05 Å². The molecule has 78 valence electrons. The van der Waals surface area contributed by atoms with E-state index >= 15 is 0 Å². The molecule has 1 aliphatic carbocycles. The average molecular weight is 235 g/mol. The Morgan fingerprint density at radius 1 is 1.64 bits per heavy atom. The minimum absolute atomic E-state index is 0.452. The number of fused-ring (bicyclic) bond motifs is 1. The Morgan fingerprint density at radius 2 is 2.36 bits per heavy atom. The number of hydrogen-bond acceptors (Lipinski definition) is 3. The Kier molecular flexibility index (Phi) is 2.31. The number of aryl methyl sites for hydroxylation is 2. The molecule has 0 spiro atoms. The summed E-state index contributed by atoms with van der Waals surface area (Å²) >= 11 is 0. The van der Waals surface area contributed by atoms with Crippen molar-refractivity contribution in [2.75, 3.05) is 0 Å². The van der Waals surface area contributed by atoms with Crippen molar-refractivity contribution in [3.05, 3.63) is 17.7 Å². The second-order valence-electron chi connectivity index (χ2n) is 3.59. The molecule has 0 saturated carbocycles. The van der Waals surface area contributed by atoms with Crippen molar-refractivity contribution in [1.29, 1.82) is 0 Å². The monoisotopic (exact) mass is 234 g/mol. The van der Waals surface area contributed by atoms with Gasteiger partial charge in [-0.05, 0) is 12.8 Å². The molecule has 0 amide bonds. The Hall–Kier alpha value is -0.550. The maximum absolute atomic E-state index is 11.2. The predicted octanol–water partition coefficient (Wildman–Crippen LogP) is 0.846. The highest BCUT2D eigenvalue weighted by Gasteiger charge is 2.30. The molecule has 0 saturated heterocycles. The number of imidazole rings is 1. The van der Waals surface area contributed by atoms with Gasteiger partial charge in [0.05, 0.1) is 17.3 Å². The van der Waals surface area contributed by atoms with E-state index in [0.717, 1.165) is 11.4 Å². The molecule has 4 nitrogen and oxygen atoms in total. The van der Waals surface area contributed by atoms with Crippen LogP contribution >= 0.6 is 10.7 Å². The second kappa shape index (κ2) is 3.24. The first kappa shape index (κ1) is 9.98. The first-order chi connectivity index (χ1) is 6.48. The highest BCUT2D eigenvalue weighted by atomic mass is 35.7. The first-order valence-electron chi connectivity index (χ1n) is 4.41. The normalized spacial score (nSPS) is 22.0. The van der Waals surface area contributed by atoms with Crippen LogP contribution in [0.5, 0.6) is 0 Å². The zero-order valence-corrected chi connectivity index (χ0v) is 9.35. The summed E-state index contributed by atoms with van der Waals surface area (Å²) in [5.41, 5.74) is 1.99. The van der Waals surface area contributed by atoms with Crippen LogP contribution in [0.3, 0.4) is 0 Å². The summed E-state index contributed by atoms with van der Waals surface area (Å²) in [5.74, 6) is 0. The van der Waals surface area contributed by atoms with Gasteiger partial charge in [0.15, 0.2) is 0 Å². The molecule has 1 aromatic rings. The summed E-state index contributed by atoms with van der Waals surface area (Å²) in [5, 5.41) is -0.452. The third kappa shape index (κ3) is 1.66. The largest absolute Gasteiger partial charge is 0.337 e. The van der Waals surface area contributed by atoms with Gasteiger partial charge in [-0.25, -0.2) is 13.4 Å². The van der Waals surface area contributed by atoms with Crippen molar-refractivity contribution in [1.82, 2.24) is 9.55 Å². The molecule has 1 aromatic heterocycles. The summed E-state index contributed by atoms with van der Waals surface area (Å²) in [6.07, 6.45) is 3.48. The van der Waals surface area contributed by atoms with Crippen LogP contribution in [0.25, 0.3) is 0 Å². The van der Waals surface area contributed by atoms with E-state index in [9.17, 15) is 8.42 Å². The van der Waals surface area contributed by atoms with Crippen molar-refractivity contribution in [2.45, 2.75) is 24.5 Å². The number of hydrogen-bond donors (Lipinski definition) is 0. The molecule has 0 aromatic carbocycles. The number of nitrogens with zero attached hydrogens (tertiary/aromatic N) is 2. The molecular formula is C8H11ClN2O2S. The van der Waals surface area contributed by atoms with Crippen LogP contribution in [0.1, 0.15) is 17.8 Å². The lowest BCUT2D eigenvalue weighted by atomic mass is 10.0. The second-order valence-corrected chi connectivity index (χ2v) is 6.50. The van der Waals surface area contributed by atoms with Gasteiger partial charge in [-0.2, -0.15) is 0 Å². The zero-order valence-electron chi connectivity index (χ0n) is 7.77. The molecule has 0 N–H and O–H groups in total. The lowest BCUT2D eigenvalue weighted by Gasteiger charge is -2.19. The van der Waals surface area contributed by atoms with E-state index in [1.807, 2.05) is 11.6 Å². The van der Waals surface area contributed by atoms with Crippen LogP contribution in [0.15, 0.2) is 6.33 Å². The summed E-state index contributed by atoms with van der Waals surface area (Å²) in [7, 11) is 3.78. The Bertz CT molecular complexity index is 452. The standard InChI is InChI=1S/C8H11ClN2O2S/c1-11-5-10-7-3-2-6(4-8(7)11)14(9,12)13/h5-6H,2-4H2,1H3. The van der Waals surface area contributed by atoms with Crippen LogP contribution in [-0.4, -0.2) is 23.2 Å². The van der Waals surface area contributed by atoms with Gasteiger partial charge in [0, 0.05) is 29.8 Å². The van der Waals surface area contributed by atoms with E-state index in [1.165, 1.54) is 0 Å². The molecule has 1 heterocycles. The molecule has 0 fully saturated rings. The molecule has 1 aliphatic rings. The lowest BCUT2D eigenvalue weighted by molar-refractivity contribution is 0.567. The summed E-state index contributed by atoms with van der Waals surface area (Å²) in [6.45, 7) is 0. The molecule has 2 rings (SSSR count). The maximum atomic E-state index is 11.2. The fraction of sp³-hybridized carbons (Fsp3) is 0.625. The zero-order chi connectivity index (χ0) is 10.3. The fourth-order valence-electron chi connectivity index (χ4n) is 1.83. The van der Waals surface area contributed by atoms with Crippen molar-refractivity contribution in [3.63, 3.8) is 0 Å². The fourth-order valence-corrected chi connectivity index (χ4v) is 3.04. The van der Waals surface area contributed by atoms with Gasteiger partial charge < -0.3 is 4.57 Å². The molecular weight excluding hydrogens is 224 g/mol. The Balaban J connectivity index is 2.33. The van der Waals surface area contributed by atoms with E-state index in [0.29, 0.717) is 19.3 Å². The average Bonchev–Trinajstić information content (AvgIpc) is 2.46. The van der Waals surface area contributed by atoms with Gasteiger partial charge >= 0.3 is 0 Å². The molecule has 14 heavy (non-hydrogen) atoms. The molecule has 6 heteroatoms. The topological polar surface area (TPSA) is 52.0 Å². The minimum atomic E-state index is -3.43. The minimum Gasteiger partial charge on any atom is -0.337 e. The molecule has 0 aliphatic heterocycles. The van der Waals surface area contributed by atoms with E-state index in [-0.39, 0.29) is 0 Å². The van der Waals surface area contributed by atoms with Gasteiger partial charge in [0.25, 0.3) is 0 Å². The number of aromatic nitrogens is 2. The summed E-state index contributed by atoms with van der Waals surface area (Å²) in [4.78, 5) is 4.20. The van der Waals surface area contributed by atoms with E-state index in [1.54, 1.807) is 6.33 Å². The number of halogens is 1. The Labute approximate surface area is 87.3 Å². The maximum Gasteiger partial charge on any atom is 0.235 e. The molecule has 0 radical (unpaired) electrons. The molecule has 1 unspecified atom stereocenters. The van der Waals surface area contributed by atoms with Gasteiger partial charge in [0.2, 0.25) is 9.05 Å². The third-order valence-corrected chi connectivity index (χ3v) is 4.62. The summed E-state index contributed by atoms with van der Waals surface area (Å²) in [6, 6.07) is 0. The number of rotatable bonds is 1. The molecule has 1 atom stereocenters. The quantitative estimate of drug-likeness (QED) is 0.677. The van der Waals surface area contributed by atoms with E-state index in [2.05, 4.69) is 4.98 Å². The molecule has 0 bridgehead atoms. The highest BCUT2D eigenvalue weighted by molar-refractivity contribution is 8.14. The smallest absolute Gasteiger partial charge is 0.235 e. The van der Waals surface area contributed by atoms with E-state index in [4.69, 9.17) is 10.7 Å². The van der Waals surface area contributed by atoms with Gasteiger partial charge in [-0.1, -0.05) is 0 Å². The first-order valence-corrected chi connectivity index (χ1v) is 6.78. The predicted molar refractivity (Wildman–Crippen MR) is 53.8 cm³/mol. The van der Waals surface area contributed by atoms with Crippen molar-refractivity contribution >= 4 is 19.7 Å². The third-order valence-electron chi connectivity index (χ3n) is 2.67. The lowest BCUT2D eigenvalue weighted by Crippen LogP contribution is -2.26. The van der Waals surface area contributed by atoms with E-state index < -0.39 is 14.3 Å². The van der Waals surface area contributed by atoms with Crippen molar-refractivity contribution < 1.29 is 8.42 Å². The SMILES string of the molecule is Cn1cnc2c1CC(S(=O)(=O)Cl)CC2. The Morgan fingerprint density at radius 3 is 3.00 bits per heavy atom. The van der Waals surface area contributed by atoms with Crippen LogP contribution in [0, 0.1) is 0 Å². The van der Waals surface area contributed by atoms with Gasteiger partial charge in [0.1, 0.15) is 0 Å². The summed E-state index contributed by atoms with van der Waals surface area (Å²) < 4.78 is 24.2. The van der Waals surface area contributed by atoms with Crippen LogP contribution in [0.4, 0.5) is 0 Å². The van der Waals surface area contributed by atoms with Crippen LogP contribution in [-0.2, 0) is 28.9 Å². The van der Waals surface area contributed by atoms with Crippen LogP contribution < -0.4 is 0 Å². The van der Waals surface area contributed by atoms with Crippen LogP contribution in [0.2, 0.25) is 0 Å². The van der Waals surface area contributed by atoms with Crippen molar-refractivity contribution in [3.8, 4) is 0 Å². The van der Waals surface area contributed by atoms with Gasteiger partial charge in [-0.15, -0.1) is 0 Å². The van der Waals surface area contributed by atoms with Gasteiger partial charge in [-0.3, -0.25) is 0 Å².